The third-order valence-corrected chi connectivity index (χ3v) is 4.23. The largest absolute Gasteiger partial charge is 0.370 e. The highest BCUT2D eigenvalue weighted by Crippen LogP contribution is 2.27. The maximum Gasteiger partial charge on any atom is 0.0955 e. The summed E-state index contributed by atoms with van der Waals surface area (Å²) >= 11 is 0. The molecule has 1 aromatic carbocycles. The summed E-state index contributed by atoms with van der Waals surface area (Å²) in [7, 11) is 4.21. The summed E-state index contributed by atoms with van der Waals surface area (Å²) in [5, 5.41) is 3.58. The van der Waals surface area contributed by atoms with E-state index in [1.807, 2.05) is 13.4 Å². The number of nitrogens with one attached hydrogen (secondary N) is 1. The maximum absolute atomic E-state index is 4.44. The van der Waals surface area contributed by atoms with Gasteiger partial charge >= 0.3 is 0 Å². The van der Waals surface area contributed by atoms with Gasteiger partial charge in [0.1, 0.15) is 0 Å². The lowest BCUT2D eigenvalue weighted by molar-refractivity contribution is 0.454. The summed E-state index contributed by atoms with van der Waals surface area (Å²) in [5.74, 6) is 0. The number of nitrogens with zero attached hydrogens (tertiary/aromatic N) is 3. The number of likely N-dealkylation sites (N-methyl/N-ethyl adjacent to an activating group) is 1. The van der Waals surface area contributed by atoms with Crippen molar-refractivity contribution in [2.45, 2.75) is 31.8 Å². The molecule has 4 nitrogen and oxygen atoms in total. The summed E-state index contributed by atoms with van der Waals surface area (Å²) in [6.45, 7) is 5.58. The Morgan fingerprint density at radius 3 is 2.89 bits per heavy atom. The summed E-state index contributed by atoms with van der Waals surface area (Å²) in [6, 6.07) is 7.08. The molecule has 2 heterocycles. The van der Waals surface area contributed by atoms with Crippen LogP contribution in [0.4, 0.5) is 5.69 Å². The van der Waals surface area contributed by atoms with Gasteiger partial charge in [0.25, 0.3) is 0 Å². The van der Waals surface area contributed by atoms with Crippen molar-refractivity contribution in [1.82, 2.24) is 14.9 Å². The van der Waals surface area contributed by atoms with E-state index in [0.717, 1.165) is 12.1 Å². The summed E-state index contributed by atoms with van der Waals surface area (Å²) in [4.78, 5) is 6.81. The molecule has 1 fully saturated rings. The zero-order chi connectivity index (χ0) is 13.6. The molecule has 1 aliphatic heterocycles. The van der Waals surface area contributed by atoms with Crippen molar-refractivity contribution in [1.29, 1.82) is 0 Å². The Bertz CT molecular complexity index is 599. The third kappa shape index (κ3) is 2.21. The van der Waals surface area contributed by atoms with Gasteiger partial charge in [-0.3, -0.25) is 0 Å². The van der Waals surface area contributed by atoms with Gasteiger partial charge in [0, 0.05) is 37.9 Å². The molecule has 19 heavy (non-hydrogen) atoms. The van der Waals surface area contributed by atoms with E-state index in [1.54, 1.807) is 0 Å². The molecule has 1 atom stereocenters. The molecule has 1 aromatic heterocycles. The predicted molar refractivity (Wildman–Crippen MR) is 79.6 cm³/mol. The number of hydrogen-bond acceptors (Lipinski definition) is 3. The van der Waals surface area contributed by atoms with Crippen LogP contribution in [0, 0.1) is 0 Å². The number of aromatic nitrogens is 2. The molecule has 2 aromatic rings. The van der Waals surface area contributed by atoms with Gasteiger partial charge in [0.15, 0.2) is 0 Å². The van der Waals surface area contributed by atoms with Crippen molar-refractivity contribution < 1.29 is 0 Å². The number of rotatable bonds is 2. The van der Waals surface area contributed by atoms with Crippen LogP contribution in [0.25, 0.3) is 11.0 Å². The second-order valence-electron chi connectivity index (χ2n) is 6.26. The summed E-state index contributed by atoms with van der Waals surface area (Å²) < 4.78 is 2.05. The fourth-order valence-corrected chi connectivity index (χ4v) is 2.96. The van der Waals surface area contributed by atoms with Crippen molar-refractivity contribution in [3.63, 3.8) is 0 Å². The van der Waals surface area contributed by atoms with E-state index >= 15 is 0 Å². The Morgan fingerprint density at radius 1 is 1.42 bits per heavy atom. The fourth-order valence-electron chi connectivity index (χ4n) is 2.96. The number of aryl methyl sites for hydroxylation is 1. The Kier molecular flexibility index (Phi) is 2.78. The Labute approximate surface area is 114 Å². The highest BCUT2D eigenvalue weighted by Gasteiger charge is 2.32. The number of hydrogen-bond donors (Lipinski definition) is 1. The van der Waals surface area contributed by atoms with Crippen LogP contribution < -0.4 is 10.2 Å². The van der Waals surface area contributed by atoms with Gasteiger partial charge in [-0.25, -0.2) is 4.98 Å². The molecule has 1 aliphatic rings. The normalized spacial score (nSPS) is 22.0. The minimum absolute atomic E-state index is 0.244. The van der Waals surface area contributed by atoms with Crippen molar-refractivity contribution in [3.05, 3.63) is 24.5 Å². The molecule has 1 unspecified atom stereocenters. The molecule has 0 bridgehead atoms. The van der Waals surface area contributed by atoms with E-state index in [-0.39, 0.29) is 5.54 Å². The van der Waals surface area contributed by atoms with Crippen LogP contribution in [-0.4, -0.2) is 34.7 Å². The molecule has 0 saturated carbocycles. The molecule has 102 valence electrons. The number of fused-ring (bicyclic) bond motifs is 1. The van der Waals surface area contributed by atoms with Gasteiger partial charge in [-0.05, 0) is 38.5 Å². The van der Waals surface area contributed by atoms with Gasteiger partial charge in [0.05, 0.1) is 17.4 Å². The van der Waals surface area contributed by atoms with Crippen molar-refractivity contribution in [3.8, 4) is 0 Å². The Balaban J connectivity index is 1.87. The van der Waals surface area contributed by atoms with Crippen LogP contribution in [0.5, 0.6) is 0 Å². The lowest BCUT2D eigenvalue weighted by Crippen LogP contribution is -2.33. The fraction of sp³-hybridized carbons (Fsp3) is 0.533. The smallest absolute Gasteiger partial charge is 0.0955 e. The lowest BCUT2D eigenvalue weighted by atomic mass is 10.0. The molecule has 0 radical (unpaired) electrons. The minimum Gasteiger partial charge on any atom is -0.370 e. The highest BCUT2D eigenvalue weighted by atomic mass is 15.2. The molecule has 0 spiro atoms. The second-order valence-corrected chi connectivity index (χ2v) is 6.26. The first-order valence-electron chi connectivity index (χ1n) is 6.85. The van der Waals surface area contributed by atoms with Crippen LogP contribution in [0.15, 0.2) is 24.5 Å². The lowest BCUT2D eigenvalue weighted by Gasteiger charge is -2.27. The molecular weight excluding hydrogens is 236 g/mol. The third-order valence-electron chi connectivity index (χ3n) is 4.23. The average molecular weight is 258 g/mol. The molecule has 1 saturated heterocycles. The molecule has 0 aliphatic carbocycles. The van der Waals surface area contributed by atoms with E-state index in [1.165, 1.54) is 17.6 Å². The molecule has 3 rings (SSSR count). The monoisotopic (exact) mass is 258 g/mol. The van der Waals surface area contributed by atoms with E-state index < -0.39 is 0 Å². The summed E-state index contributed by atoms with van der Waals surface area (Å²) in [5.41, 5.74) is 3.74. The van der Waals surface area contributed by atoms with Crippen LogP contribution in [-0.2, 0) is 7.05 Å². The van der Waals surface area contributed by atoms with Crippen LogP contribution in [0.1, 0.15) is 20.3 Å². The SMILES string of the molecule is CN(c1ccc2c(c1)ncn2C)C1CNC(C)(C)C1. The van der Waals surface area contributed by atoms with Crippen molar-refractivity contribution in [2.24, 2.45) is 7.05 Å². The standard InChI is InChI=1S/C15H22N4/c1-15(2)8-12(9-17-15)19(4)11-5-6-14-13(7-11)16-10-18(14)3/h5-7,10,12,17H,8-9H2,1-4H3. The van der Waals surface area contributed by atoms with Gasteiger partial charge in [-0.2, -0.15) is 0 Å². The Hall–Kier alpha value is -1.55. The van der Waals surface area contributed by atoms with Gasteiger partial charge < -0.3 is 14.8 Å². The average Bonchev–Trinajstić information content (AvgIpc) is 2.92. The van der Waals surface area contributed by atoms with Crippen molar-refractivity contribution >= 4 is 16.7 Å². The molecule has 4 heteroatoms. The second kappa shape index (κ2) is 4.23. The van der Waals surface area contributed by atoms with Crippen LogP contribution in [0.2, 0.25) is 0 Å². The minimum atomic E-state index is 0.244. The van der Waals surface area contributed by atoms with Crippen LogP contribution in [0.3, 0.4) is 0 Å². The number of imidazole rings is 1. The highest BCUT2D eigenvalue weighted by molar-refractivity contribution is 5.79. The van der Waals surface area contributed by atoms with Crippen LogP contribution >= 0.6 is 0 Å². The predicted octanol–water partition coefficient (Wildman–Crippen LogP) is 2.15. The number of benzene rings is 1. The topological polar surface area (TPSA) is 33.1 Å². The zero-order valence-electron chi connectivity index (χ0n) is 12.1. The van der Waals surface area contributed by atoms with E-state index in [0.29, 0.717) is 6.04 Å². The van der Waals surface area contributed by atoms with Gasteiger partial charge in [-0.1, -0.05) is 0 Å². The first-order valence-corrected chi connectivity index (χ1v) is 6.85. The maximum atomic E-state index is 4.44. The van der Waals surface area contributed by atoms with E-state index in [2.05, 4.69) is 58.9 Å². The Morgan fingerprint density at radius 2 is 2.21 bits per heavy atom. The molecule has 0 amide bonds. The first kappa shape index (κ1) is 12.5. The molecule has 1 N–H and O–H groups in total. The van der Waals surface area contributed by atoms with Crippen molar-refractivity contribution in [2.75, 3.05) is 18.5 Å². The van der Waals surface area contributed by atoms with Gasteiger partial charge in [-0.15, -0.1) is 0 Å². The number of anilines is 1. The van der Waals surface area contributed by atoms with E-state index in [4.69, 9.17) is 0 Å². The van der Waals surface area contributed by atoms with E-state index in [9.17, 15) is 0 Å². The van der Waals surface area contributed by atoms with Gasteiger partial charge in [0.2, 0.25) is 0 Å². The molecular formula is C15H22N4. The quantitative estimate of drug-likeness (QED) is 0.896. The zero-order valence-corrected chi connectivity index (χ0v) is 12.1. The summed E-state index contributed by atoms with van der Waals surface area (Å²) in [6.07, 6.45) is 3.04. The first-order chi connectivity index (χ1) is 8.96.